The Morgan fingerprint density at radius 2 is 1.32 bits per heavy atom. The fraction of sp³-hybridized carbons (Fsp3) is 0.250. The highest BCUT2D eigenvalue weighted by atomic mass is 16.3. The van der Waals surface area contributed by atoms with Gasteiger partial charge in [0.25, 0.3) is 0 Å². The maximum Gasteiger partial charge on any atom is 0.244 e. The Hall–Kier alpha value is -3.17. The summed E-state index contributed by atoms with van der Waals surface area (Å²) in [6.07, 6.45) is 7.15. The van der Waals surface area contributed by atoms with E-state index >= 15 is 0 Å². The highest BCUT2D eigenvalue weighted by Gasteiger charge is 2.44. The minimum atomic E-state index is -1.14. The largest absolute Gasteiger partial charge is 0.376 e. The Labute approximate surface area is 185 Å². The molecule has 4 aromatic rings. The van der Waals surface area contributed by atoms with E-state index in [2.05, 4.69) is 66.0 Å². The van der Waals surface area contributed by atoms with Crippen molar-refractivity contribution in [2.75, 3.05) is 0 Å². The smallest absolute Gasteiger partial charge is 0.244 e. The first kappa shape index (κ1) is 21.1. The molecule has 158 valence electrons. The van der Waals surface area contributed by atoms with Gasteiger partial charge in [-0.15, -0.1) is 0 Å². The lowest BCUT2D eigenvalue weighted by atomic mass is 9.77. The molecule has 4 rings (SSSR count). The predicted molar refractivity (Wildman–Crippen MR) is 125 cm³/mol. The number of nitrogens with zero attached hydrogens (tertiary/aromatic N) is 2. The SMILES string of the molecule is CC(C)C[C@H](n1cc[n+](Cc2ccccc2)c1)C(O)(c1ccccc1)c1ccccc1. The van der Waals surface area contributed by atoms with Crippen molar-refractivity contribution >= 4 is 0 Å². The van der Waals surface area contributed by atoms with Crippen LogP contribution in [-0.4, -0.2) is 9.67 Å². The van der Waals surface area contributed by atoms with E-state index in [0.29, 0.717) is 5.92 Å². The average Bonchev–Trinajstić information content (AvgIpc) is 3.27. The van der Waals surface area contributed by atoms with Gasteiger partial charge in [-0.25, -0.2) is 9.13 Å². The summed E-state index contributed by atoms with van der Waals surface area (Å²) in [5.41, 5.74) is 1.94. The van der Waals surface area contributed by atoms with Gasteiger partial charge in [0.15, 0.2) is 5.60 Å². The minimum Gasteiger partial charge on any atom is -0.376 e. The van der Waals surface area contributed by atoms with Crippen molar-refractivity contribution in [2.45, 2.75) is 38.5 Å². The molecule has 1 aromatic heterocycles. The topological polar surface area (TPSA) is 29.0 Å². The lowest BCUT2D eigenvalue weighted by Gasteiger charge is -2.36. The predicted octanol–water partition coefficient (Wildman–Crippen LogP) is 5.35. The molecule has 0 aliphatic carbocycles. The Morgan fingerprint density at radius 3 is 1.84 bits per heavy atom. The van der Waals surface area contributed by atoms with E-state index in [1.165, 1.54) is 5.56 Å². The molecule has 3 nitrogen and oxygen atoms in total. The maximum absolute atomic E-state index is 12.4. The van der Waals surface area contributed by atoms with E-state index in [1.54, 1.807) is 0 Å². The van der Waals surface area contributed by atoms with Crippen LogP contribution >= 0.6 is 0 Å². The van der Waals surface area contributed by atoms with Crippen LogP contribution in [0.25, 0.3) is 0 Å². The number of hydrogen-bond donors (Lipinski definition) is 1. The van der Waals surface area contributed by atoms with Gasteiger partial charge in [0, 0.05) is 0 Å². The van der Waals surface area contributed by atoms with E-state index in [4.69, 9.17) is 0 Å². The monoisotopic (exact) mass is 411 g/mol. The number of aromatic nitrogens is 2. The number of aliphatic hydroxyl groups is 1. The summed E-state index contributed by atoms with van der Waals surface area (Å²) >= 11 is 0. The molecule has 0 saturated carbocycles. The van der Waals surface area contributed by atoms with Crippen LogP contribution in [0.4, 0.5) is 0 Å². The fourth-order valence-corrected chi connectivity index (χ4v) is 4.37. The zero-order valence-corrected chi connectivity index (χ0v) is 18.3. The van der Waals surface area contributed by atoms with Crippen molar-refractivity contribution in [3.05, 3.63) is 126 Å². The molecule has 0 amide bonds. The number of rotatable bonds is 8. The fourth-order valence-electron chi connectivity index (χ4n) is 4.37. The Kier molecular flexibility index (Phi) is 6.34. The third-order valence-corrected chi connectivity index (χ3v) is 5.88. The van der Waals surface area contributed by atoms with Gasteiger partial charge in [-0.2, -0.15) is 0 Å². The van der Waals surface area contributed by atoms with Gasteiger partial charge in [-0.05, 0) is 29.0 Å². The molecule has 1 heterocycles. The molecular formula is C28H31N2O+. The van der Waals surface area contributed by atoms with Crippen LogP contribution in [0, 0.1) is 5.92 Å². The van der Waals surface area contributed by atoms with Gasteiger partial charge in [-0.3, -0.25) is 0 Å². The summed E-state index contributed by atoms with van der Waals surface area (Å²) in [6.45, 7) is 5.23. The van der Waals surface area contributed by atoms with Crippen LogP contribution < -0.4 is 4.57 Å². The van der Waals surface area contributed by atoms with Crippen LogP contribution in [0.2, 0.25) is 0 Å². The highest BCUT2D eigenvalue weighted by Crippen LogP contribution is 2.42. The lowest BCUT2D eigenvalue weighted by molar-refractivity contribution is -0.688. The van der Waals surface area contributed by atoms with Crippen molar-refractivity contribution in [1.29, 1.82) is 0 Å². The van der Waals surface area contributed by atoms with E-state index in [1.807, 2.05) is 66.7 Å². The summed E-state index contributed by atoms with van der Waals surface area (Å²) < 4.78 is 4.36. The molecule has 0 spiro atoms. The third-order valence-electron chi connectivity index (χ3n) is 5.88. The second-order valence-corrected chi connectivity index (χ2v) is 8.66. The molecule has 1 atom stereocenters. The Balaban J connectivity index is 1.78. The molecule has 0 aliphatic heterocycles. The standard InChI is InChI=1S/C28H31N2O/c1-23(2)20-27(30-19-18-29(22-30)21-24-12-6-3-7-13-24)28(31,25-14-8-4-9-15-25)26-16-10-5-11-17-26/h3-19,22-23,27,31H,20-21H2,1-2H3/q+1/t27-/m0/s1. The van der Waals surface area contributed by atoms with E-state index in [0.717, 1.165) is 24.1 Å². The van der Waals surface area contributed by atoms with Crippen molar-refractivity contribution in [3.8, 4) is 0 Å². The Bertz CT molecular complexity index is 1030. The first-order valence-corrected chi connectivity index (χ1v) is 11.0. The van der Waals surface area contributed by atoms with Crippen LogP contribution in [0.1, 0.15) is 43.0 Å². The molecule has 3 aromatic carbocycles. The average molecular weight is 412 g/mol. The Morgan fingerprint density at radius 1 is 0.806 bits per heavy atom. The molecule has 0 fully saturated rings. The molecule has 0 aliphatic rings. The summed E-state index contributed by atoms with van der Waals surface area (Å²) in [6, 6.07) is 30.4. The summed E-state index contributed by atoms with van der Waals surface area (Å²) in [5.74, 6) is 0.425. The molecule has 0 radical (unpaired) electrons. The molecule has 0 bridgehead atoms. The van der Waals surface area contributed by atoms with Gasteiger partial charge in [-0.1, -0.05) is 105 Å². The maximum atomic E-state index is 12.4. The van der Waals surface area contributed by atoms with Gasteiger partial charge in [0.2, 0.25) is 6.33 Å². The molecule has 31 heavy (non-hydrogen) atoms. The molecule has 3 heteroatoms. The number of benzene rings is 3. The lowest BCUT2D eigenvalue weighted by Crippen LogP contribution is -2.40. The highest BCUT2D eigenvalue weighted by molar-refractivity contribution is 5.37. The first-order chi connectivity index (χ1) is 15.1. The van der Waals surface area contributed by atoms with Crippen molar-refractivity contribution < 1.29 is 9.67 Å². The van der Waals surface area contributed by atoms with Gasteiger partial charge >= 0.3 is 0 Å². The third kappa shape index (κ3) is 4.62. The van der Waals surface area contributed by atoms with Crippen LogP contribution in [0.3, 0.4) is 0 Å². The molecule has 1 N–H and O–H groups in total. The summed E-state index contributed by atoms with van der Waals surface area (Å²) in [5, 5.41) is 12.4. The van der Waals surface area contributed by atoms with Crippen molar-refractivity contribution in [2.24, 2.45) is 5.92 Å². The van der Waals surface area contributed by atoms with Gasteiger partial charge in [0.1, 0.15) is 25.0 Å². The van der Waals surface area contributed by atoms with Crippen molar-refractivity contribution in [3.63, 3.8) is 0 Å². The van der Waals surface area contributed by atoms with E-state index in [-0.39, 0.29) is 6.04 Å². The van der Waals surface area contributed by atoms with Crippen molar-refractivity contribution in [1.82, 2.24) is 4.57 Å². The van der Waals surface area contributed by atoms with Gasteiger partial charge < -0.3 is 5.11 Å². The summed E-state index contributed by atoms with van der Waals surface area (Å²) in [4.78, 5) is 0. The first-order valence-electron chi connectivity index (χ1n) is 11.0. The van der Waals surface area contributed by atoms with Crippen LogP contribution in [-0.2, 0) is 12.1 Å². The zero-order valence-electron chi connectivity index (χ0n) is 18.3. The number of hydrogen-bond acceptors (Lipinski definition) is 1. The number of imidazole rings is 1. The zero-order chi connectivity index (χ0) is 21.7. The van der Waals surface area contributed by atoms with E-state index < -0.39 is 5.60 Å². The molecule has 0 saturated heterocycles. The molecule has 0 unspecified atom stereocenters. The van der Waals surface area contributed by atoms with Crippen LogP contribution in [0.15, 0.2) is 110 Å². The minimum absolute atomic E-state index is 0.144. The van der Waals surface area contributed by atoms with E-state index in [9.17, 15) is 5.11 Å². The molecular weight excluding hydrogens is 380 g/mol. The second kappa shape index (κ2) is 9.32. The van der Waals surface area contributed by atoms with Crippen LogP contribution in [0.5, 0.6) is 0 Å². The second-order valence-electron chi connectivity index (χ2n) is 8.66. The summed E-state index contributed by atoms with van der Waals surface area (Å²) in [7, 11) is 0. The normalized spacial score (nSPS) is 12.8. The quantitative estimate of drug-likeness (QED) is 0.389. The van der Waals surface area contributed by atoms with Gasteiger partial charge in [0.05, 0.1) is 0 Å².